The van der Waals surface area contributed by atoms with E-state index in [1.54, 1.807) is 11.9 Å². The number of fused-ring (bicyclic) bond motifs is 1. The van der Waals surface area contributed by atoms with Crippen molar-refractivity contribution in [3.8, 4) is 0 Å². The number of anilines is 2. The van der Waals surface area contributed by atoms with E-state index in [2.05, 4.69) is 46.3 Å². The van der Waals surface area contributed by atoms with Crippen LogP contribution < -0.4 is 9.80 Å². The summed E-state index contributed by atoms with van der Waals surface area (Å²) in [6, 6.07) is 5.56. The molecule has 1 atom stereocenters. The van der Waals surface area contributed by atoms with Crippen molar-refractivity contribution in [2.24, 2.45) is 18.9 Å². The van der Waals surface area contributed by atoms with Gasteiger partial charge in [0.1, 0.15) is 0 Å². The molecule has 1 aliphatic carbocycles. The lowest BCUT2D eigenvalue weighted by Gasteiger charge is -2.36. The van der Waals surface area contributed by atoms with Crippen molar-refractivity contribution in [1.82, 2.24) is 20.2 Å². The molecule has 2 aliphatic rings. The predicted molar refractivity (Wildman–Crippen MR) is 153 cm³/mol. The molecule has 2 aromatic carbocycles. The number of hydrogen-bond acceptors (Lipinski definition) is 5. The largest absolute Gasteiger partial charge is 0.416 e. The molecule has 5 rings (SSSR count). The normalized spacial score (nSPS) is 21.4. The second kappa shape index (κ2) is 12.0. The Balaban J connectivity index is 1.58. The summed E-state index contributed by atoms with van der Waals surface area (Å²) in [6.07, 6.45) is -3.69. The number of halogens is 6. The van der Waals surface area contributed by atoms with Crippen LogP contribution in [0.15, 0.2) is 30.3 Å². The number of aromatic nitrogens is 4. The Bertz CT molecular complexity index is 1390. The first-order valence-electron chi connectivity index (χ1n) is 14.8. The second-order valence-electron chi connectivity index (χ2n) is 12.4. The van der Waals surface area contributed by atoms with Crippen LogP contribution in [0.4, 0.5) is 38.0 Å². The molecular formula is C31H38F6N6. The SMILES string of the molecule is Cc1cc(C)c2c(c1)[C@@H](N(Cc1cc(C(F)(F)F)cc(C(F)(F)F)c1)c1nnn(C)n1)CCCN2C[C@H]1CC[C@H](C)CC1. The molecule has 0 amide bonds. The Morgan fingerprint density at radius 3 is 2.12 bits per heavy atom. The van der Waals surface area contributed by atoms with E-state index in [0.717, 1.165) is 59.9 Å². The van der Waals surface area contributed by atoms with E-state index in [9.17, 15) is 26.3 Å². The van der Waals surface area contributed by atoms with Gasteiger partial charge in [-0.25, -0.2) is 0 Å². The summed E-state index contributed by atoms with van der Waals surface area (Å²) >= 11 is 0. The Morgan fingerprint density at radius 1 is 0.884 bits per heavy atom. The van der Waals surface area contributed by atoms with Crippen molar-refractivity contribution in [2.75, 3.05) is 22.9 Å². The molecule has 3 aromatic rings. The van der Waals surface area contributed by atoms with Gasteiger partial charge in [0.25, 0.3) is 5.95 Å². The molecule has 2 heterocycles. The Morgan fingerprint density at radius 2 is 1.53 bits per heavy atom. The Labute approximate surface area is 248 Å². The lowest BCUT2D eigenvalue weighted by molar-refractivity contribution is -0.143. The van der Waals surface area contributed by atoms with Gasteiger partial charge in [-0.2, -0.15) is 31.1 Å². The summed E-state index contributed by atoms with van der Waals surface area (Å²) in [7, 11) is 1.57. The molecule has 12 heteroatoms. The molecule has 0 saturated heterocycles. The molecule has 43 heavy (non-hydrogen) atoms. The van der Waals surface area contributed by atoms with Crippen LogP contribution in [0.2, 0.25) is 0 Å². The third-order valence-corrected chi connectivity index (χ3v) is 8.80. The maximum absolute atomic E-state index is 13.7. The highest BCUT2D eigenvalue weighted by atomic mass is 19.4. The molecule has 1 aliphatic heterocycles. The van der Waals surface area contributed by atoms with Crippen molar-refractivity contribution < 1.29 is 26.3 Å². The average Bonchev–Trinajstić information content (AvgIpc) is 3.26. The minimum absolute atomic E-state index is 0.127. The molecular weight excluding hydrogens is 570 g/mol. The van der Waals surface area contributed by atoms with Crippen LogP contribution in [0.25, 0.3) is 0 Å². The van der Waals surface area contributed by atoms with Crippen LogP contribution in [0, 0.1) is 25.7 Å². The fraction of sp³-hybridized carbons (Fsp3) is 0.581. The number of benzene rings is 2. The molecule has 1 saturated carbocycles. The van der Waals surface area contributed by atoms with Gasteiger partial charge in [-0.1, -0.05) is 42.6 Å². The van der Waals surface area contributed by atoms with E-state index >= 15 is 0 Å². The molecule has 0 spiro atoms. The lowest BCUT2D eigenvalue weighted by atomic mass is 9.82. The monoisotopic (exact) mass is 608 g/mol. The van der Waals surface area contributed by atoms with Crippen LogP contribution in [-0.4, -0.2) is 33.3 Å². The van der Waals surface area contributed by atoms with Gasteiger partial charge in [0.05, 0.1) is 24.2 Å². The number of aryl methyl sites for hydroxylation is 3. The van der Waals surface area contributed by atoms with Crippen molar-refractivity contribution >= 4 is 11.6 Å². The van der Waals surface area contributed by atoms with Crippen LogP contribution in [-0.2, 0) is 25.9 Å². The minimum atomic E-state index is -4.94. The van der Waals surface area contributed by atoms with E-state index in [-0.39, 0.29) is 24.1 Å². The van der Waals surface area contributed by atoms with E-state index in [1.807, 2.05) is 6.92 Å². The zero-order valence-electron chi connectivity index (χ0n) is 24.9. The van der Waals surface area contributed by atoms with Gasteiger partial charge in [-0.05, 0) is 91.5 Å². The zero-order valence-corrected chi connectivity index (χ0v) is 24.9. The van der Waals surface area contributed by atoms with E-state index in [1.165, 1.54) is 30.5 Å². The fourth-order valence-electron chi connectivity index (χ4n) is 6.77. The summed E-state index contributed by atoms with van der Waals surface area (Å²) in [5.74, 6) is 1.46. The summed E-state index contributed by atoms with van der Waals surface area (Å²) in [5, 5.41) is 12.5. The van der Waals surface area contributed by atoms with E-state index in [4.69, 9.17) is 0 Å². The zero-order chi connectivity index (χ0) is 31.1. The van der Waals surface area contributed by atoms with Gasteiger partial charge in [0.2, 0.25) is 0 Å². The minimum Gasteiger partial charge on any atom is -0.371 e. The molecule has 1 fully saturated rings. The predicted octanol–water partition coefficient (Wildman–Crippen LogP) is 8.04. The first kappa shape index (κ1) is 31.1. The van der Waals surface area contributed by atoms with Gasteiger partial charge in [0.15, 0.2) is 0 Å². The van der Waals surface area contributed by atoms with Gasteiger partial charge >= 0.3 is 12.4 Å². The third-order valence-electron chi connectivity index (χ3n) is 8.80. The highest BCUT2D eigenvalue weighted by molar-refractivity contribution is 5.64. The van der Waals surface area contributed by atoms with Gasteiger partial charge in [0, 0.05) is 25.3 Å². The molecule has 0 radical (unpaired) electrons. The highest BCUT2D eigenvalue weighted by Gasteiger charge is 2.38. The molecule has 0 bridgehead atoms. The Hall–Kier alpha value is -3.31. The van der Waals surface area contributed by atoms with Gasteiger partial charge in [-0.3, -0.25) is 0 Å². The topological polar surface area (TPSA) is 50.1 Å². The molecule has 6 nitrogen and oxygen atoms in total. The van der Waals surface area contributed by atoms with Crippen LogP contribution >= 0.6 is 0 Å². The first-order chi connectivity index (χ1) is 20.2. The Kier molecular flexibility index (Phi) is 8.68. The standard InChI is InChI=1S/C31H38F6N6/c1-19-7-9-22(10-8-19)17-42-11-5-6-27(26-13-20(2)12-21(3)28(26)42)43(29-38-40-41(4)39-29)18-23-14-24(30(32,33)34)16-25(15-23)31(35,36)37/h12-16,19,22,27H,5-11,17-18H2,1-4H3/t19-,22-,27-/m0/s1. The van der Waals surface area contributed by atoms with Gasteiger partial charge < -0.3 is 9.80 Å². The molecule has 1 aromatic heterocycles. The number of alkyl halides is 6. The molecule has 0 unspecified atom stereocenters. The van der Waals surface area contributed by atoms with Crippen molar-refractivity contribution in [1.29, 1.82) is 0 Å². The lowest BCUT2D eigenvalue weighted by Crippen LogP contribution is -2.33. The number of nitrogens with zero attached hydrogens (tertiary/aromatic N) is 6. The fourth-order valence-corrected chi connectivity index (χ4v) is 6.77. The van der Waals surface area contributed by atoms with Crippen LogP contribution in [0.3, 0.4) is 0 Å². The summed E-state index contributed by atoms with van der Waals surface area (Å²) in [5.41, 5.74) is 1.38. The van der Waals surface area contributed by atoms with Crippen LogP contribution in [0.1, 0.15) is 84.9 Å². The highest BCUT2D eigenvalue weighted by Crippen LogP contribution is 2.43. The van der Waals surface area contributed by atoms with Crippen molar-refractivity contribution in [2.45, 2.75) is 84.2 Å². The summed E-state index contributed by atoms with van der Waals surface area (Å²) < 4.78 is 82.4. The van der Waals surface area contributed by atoms with Gasteiger partial charge in [-0.15, -0.1) is 5.10 Å². The first-order valence-corrected chi connectivity index (χ1v) is 14.8. The van der Waals surface area contributed by atoms with Crippen LogP contribution in [0.5, 0.6) is 0 Å². The number of rotatable bonds is 6. The maximum Gasteiger partial charge on any atom is 0.416 e. The second-order valence-corrected chi connectivity index (χ2v) is 12.4. The van der Waals surface area contributed by atoms with Crippen molar-refractivity contribution in [3.05, 3.63) is 63.7 Å². The smallest absolute Gasteiger partial charge is 0.371 e. The maximum atomic E-state index is 13.7. The van der Waals surface area contributed by atoms with E-state index in [0.29, 0.717) is 12.3 Å². The quantitative estimate of drug-likeness (QED) is 0.265. The summed E-state index contributed by atoms with van der Waals surface area (Å²) in [4.78, 5) is 5.40. The van der Waals surface area contributed by atoms with Crippen molar-refractivity contribution in [3.63, 3.8) is 0 Å². The number of tetrazole rings is 1. The summed E-state index contributed by atoms with van der Waals surface area (Å²) in [6.45, 7) is 7.83. The van der Waals surface area contributed by atoms with E-state index < -0.39 is 29.5 Å². The number of hydrogen-bond donors (Lipinski definition) is 0. The molecule has 234 valence electrons. The average molecular weight is 609 g/mol. The molecule has 0 N–H and O–H groups in total. The third kappa shape index (κ3) is 7.09.